The Hall–Kier alpha value is -0.853. The standard InChI is InChI=1S/C19H23.Li.H3O4P/c1-18(2,3)16-12-9-13-17(14-16)19(4,5)15-10-7-6-8-11-15;;1-5(2,3)4/h6-11,13-14H,1-5H3;;(H3,1,2,3,4). The van der Waals surface area contributed by atoms with Crippen LogP contribution in [0.15, 0.2) is 48.5 Å². The van der Waals surface area contributed by atoms with Gasteiger partial charge in [-0.05, 0) is 0 Å². The summed E-state index contributed by atoms with van der Waals surface area (Å²) in [5, 5.41) is 0. The molecule has 0 aromatic heterocycles. The molecule has 0 fully saturated rings. The van der Waals surface area contributed by atoms with Crippen LogP contribution >= 0.6 is 7.82 Å². The molecule has 0 amide bonds. The third-order valence-electron chi connectivity index (χ3n) is 4.26. The Morgan fingerprint density at radius 2 is 1.32 bits per heavy atom. The zero-order valence-electron chi connectivity index (χ0n) is 15.8. The van der Waals surface area contributed by atoms with E-state index in [4.69, 9.17) is 19.2 Å². The van der Waals surface area contributed by atoms with Crippen molar-refractivity contribution in [1.82, 2.24) is 0 Å². The topological polar surface area (TPSA) is 77.8 Å². The van der Waals surface area contributed by atoms with Crippen LogP contribution in [0.5, 0.6) is 0 Å². The van der Waals surface area contributed by atoms with Crippen molar-refractivity contribution in [3.8, 4) is 0 Å². The van der Waals surface area contributed by atoms with Gasteiger partial charge < -0.3 is 14.7 Å². The van der Waals surface area contributed by atoms with Gasteiger partial charge in [0, 0.05) is 0 Å². The van der Waals surface area contributed by atoms with Crippen LogP contribution < -0.4 is 4.24 Å². The number of benzene rings is 2. The molecule has 3 N–H and O–H groups in total. The van der Waals surface area contributed by atoms with Crippen LogP contribution in [0.4, 0.5) is 0 Å². The summed E-state index contributed by atoms with van der Waals surface area (Å²) in [5.74, 6) is 0. The summed E-state index contributed by atoms with van der Waals surface area (Å²) < 4.78 is 10.3. The Morgan fingerprint density at radius 3 is 1.76 bits per heavy atom. The van der Waals surface area contributed by atoms with Gasteiger partial charge in [0.15, 0.2) is 0 Å². The van der Waals surface area contributed by atoms with Crippen molar-refractivity contribution in [2.24, 2.45) is 0 Å². The van der Waals surface area contributed by atoms with E-state index < -0.39 is 7.82 Å². The molecule has 0 saturated heterocycles. The maximum atomic E-state index is 8.88. The Morgan fingerprint density at radius 1 is 0.840 bits per heavy atom. The third-order valence-corrected chi connectivity index (χ3v) is 4.26. The average Bonchev–Trinajstić information content (AvgIpc) is 2.45. The zero-order chi connectivity index (χ0) is 19.5. The van der Waals surface area contributed by atoms with Gasteiger partial charge in [0.25, 0.3) is 0 Å². The van der Waals surface area contributed by atoms with E-state index in [1.54, 1.807) is 0 Å². The molecule has 0 heterocycles. The Labute approximate surface area is 159 Å². The van der Waals surface area contributed by atoms with Crippen molar-refractivity contribution >= 4 is 29.8 Å². The molecule has 2 aromatic carbocycles. The van der Waals surface area contributed by atoms with Gasteiger partial charge in [-0.1, -0.05) is 0 Å². The molecule has 132 valence electrons. The number of hydrogen-bond acceptors (Lipinski definition) is 1. The van der Waals surface area contributed by atoms with Crippen molar-refractivity contribution in [3.63, 3.8) is 0 Å². The van der Waals surface area contributed by atoms with E-state index in [-0.39, 0.29) is 10.8 Å². The van der Waals surface area contributed by atoms with Crippen molar-refractivity contribution in [3.05, 3.63) is 65.2 Å². The Balaban J connectivity index is 0.000000550. The van der Waals surface area contributed by atoms with E-state index in [0.717, 1.165) is 0 Å². The van der Waals surface area contributed by atoms with Crippen molar-refractivity contribution in [2.45, 2.75) is 45.4 Å². The molecular weight excluding hydrogens is 330 g/mol. The van der Waals surface area contributed by atoms with Crippen LogP contribution in [0.1, 0.15) is 51.3 Å². The maximum absolute atomic E-state index is 8.88. The minimum atomic E-state index is -4.64. The monoisotopic (exact) mass is 356 g/mol. The van der Waals surface area contributed by atoms with Crippen LogP contribution in [0, 0.1) is 0 Å². The molecule has 0 bridgehead atoms. The summed E-state index contributed by atoms with van der Waals surface area (Å²) in [5.41, 5.74) is 4.42. The first kappa shape index (κ1) is 22.2. The number of phosphoric acid groups is 1. The van der Waals surface area contributed by atoms with Crippen LogP contribution in [0.3, 0.4) is 0 Å². The summed E-state index contributed by atoms with van der Waals surface area (Å²) in [6, 6.07) is 17.7. The fraction of sp³-hybridized carbons (Fsp3) is 0.368. The molecule has 0 aliphatic heterocycles. The molecule has 0 atom stereocenters. The first-order valence-corrected chi connectivity index (χ1v) is 9.75. The SMILES string of the molecule is O=P(O)(O)O.[Li][c]1ccc(C(C)(C)c2ccccc2)cc1C(C)(C)C. The van der Waals surface area contributed by atoms with Gasteiger partial charge >= 0.3 is 140 Å². The summed E-state index contributed by atoms with van der Waals surface area (Å²) in [6.07, 6.45) is 0. The van der Waals surface area contributed by atoms with E-state index in [9.17, 15) is 0 Å². The average molecular weight is 356 g/mol. The molecule has 0 radical (unpaired) electrons. The van der Waals surface area contributed by atoms with E-state index in [0.29, 0.717) is 0 Å². The fourth-order valence-electron chi connectivity index (χ4n) is 2.84. The molecular formula is C19H26LiO4P. The molecule has 0 spiro atoms. The second-order valence-electron chi connectivity index (χ2n) is 7.78. The number of hydrogen-bond donors (Lipinski definition) is 3. The van der Waals surface area contributed by atoms with Crippen LogP contribution in [0.25, 0.3) is 0 Å². The first-order chi connectivity index (χ1) is 11.2. The zero-order valence-corrected chi connectivity index (χ0v) is 16.7. The number of rotatable bonds is 2. The van der Waals surface area contributed by atoms with Crippen molar-refractivity contribution < 1.29 is 19.2 Å². The van der Waals surface area contributed by atoms with Gasteiger partial charge in [0.1, 0.15) is 0 Å². The molecule has 0 aliphatic carbocycles. The van der Waals surface area contributed by atoms with E-state index in [1.807, 2.05) is 0 Å². The van der Waals surface area contributed by atoms with Gasteiger partial charge in [-0.3, -0.25) is 0 Å². The molecule has 4 nitrogen and oxygen atoms in total. The second kappa shape index (κ2) is 8.23. The van der Waals surface area contributed by atoms with Crippen molar-refractivity contribution in [1.29, 1.82) is 0 Å². The molecule has 25 heavy (non-hydrogen) atoms. The Kier molecular flexibility index (Phi) is 7.30. The second-order valence-corrected chi connectivity index (χ2v) is 8.81. The first-order valence-electron chi connectivity index (χ1n) is 8.18. The molecule has 0 saturated carbocycles. The van der Waals surface area contributed by atoms with Crippen molar-refractivity contribution in [2.75, 3.05) is 0 Å². The molecule has 2 rings (SSSR count). The van der Waals surface area contributed by atoms with Gasteiger partial charge in [0.05, 0.1) is 0 Å². The summed E-state index contributed by atoms with van der Waals surface area (Å²) >= 11 is 2.21. The quantitative estimate of drug-likeness (QED) is 0.571. The summed E-state index contributed by atoms with van der Waals surface area (Å²) in [6.45, 7) is 11.5. The van der Waals surface area contributed by atoms with E-state index >= 15 is 0 Å². The fourth-order valence-corrected chi connectivity index (χ4v) is 2.84. The third kappa shape index (κ3) is 7.11. The normalized spacial score (nSPS) is 12.4. The molecule has 6 heteroatoms. The van der Waals surface area contributed by atoms with E-state index in [1.165, 1.54) is 20.9 Å². The minimum absolute atomic E-state index is 0.0367. The molecule has 0 aliphatic rings. The van der Waals surface area contributed by atoms with Gasteiger partial charge in [-0.2, -0.15) is 0 Å². The summed E-state index contributed by atoms with van der Waals surface area (Å²) in [7, 11) is -4.64. The van der Waals surface area contributed by atoms with Gasteiger partial charge in [-0.25, -0.2) is 4.57 Å². The van der Waals surface area contributed by atoms with Crippen LogP contribution in [-0.2, 0) is 15.4 Å². The Bertz CT molecular complexity index is 737. The molecule has 0 unspecified atom stereocenters. The predicted molar refractivity (Wildman–Crippen MR) is 103 cm³/mol. The summed E-state index contributed by atoms with van der Waals surface area (Å²) in [4.78, 5) is 21.6. The van der Waals surface area contributed by atoms with Crippen LogP contribution in [0.2, 0.25) is 0 Å². The van der Waals surface area contributed by atoms with Gasteiger partial charge in [0.2, 0.25) is 0 Å². The van der Waals surface area contributed by atoms with E-state index in [2.05, 4.69) is 101 Å². The molecule has 2 aromatic rings. The van der Waals surface area contributed by atoms with Crippen LogP contribution in [-0.4, -0.2) is 32.4 Å². The van der Waals surface area contributed by atoms with Gasteiger partial charge in [-0.15, -0.1) is 0 Å². The predicted octanol–water partition coefficient (Wildman–Crippen LogP) is 3.18.